The maximum absolute atomic E-state index is 11.1. The van der Waals surface area contributed by atoms with Gasteiger partial charge in [0.15, 0.2) is 0 Å². The Kier molecular flexibility index (Phi) is 35.5. The van der Waals surface area contributed by atoms with Gasteiger partial charge in [-0.05, 0) is 71.1 Å². The van der Waals surface area contributed by atoms with E-state index in [1.165, 1.54) is 161 Å². The molecule has 0 aliphatic rings. The van der Waals surface area contributed by atoms with Crippen LogP contribution in [0.5, 0.6) is 0 Å². The van der Waals surface area contributed by atoms with Gasteiger partial charge < -0.3 is 19.9 Å². The minimum atomic E-state index is -0.849. The smallest absolute Gasteiger partial charge is 0.404 e. The fourth-order valence-electron chi connectivity index (χ4n) is 7.98. The zero-order valence-electron chi connectivity index (χ0n) is 37.5. The Morgan fingerprint density at radius 1 is 0.577 bits per heavy atom. The van der Waals surface area contributed by atoms with Gasteiger partial charge in [0.1, 0.15) is 0 Å². The normalized spacial score (nSPS) is 12.4. The van der Waals surface area contributed by atoms with Crippen LogP contribution in [0.4, 0.5) is 4.79 Å². The first-order valence-electron chi connectivity index (χ1n) is 22.8. The summed E-state index contributed by atoms with van der Waals surface area (Å²) < 4.78 is 11.5. The lowest BCUT2D eigenvalue weighted by Gasteiger charge is -2.36. The molecular weight excluding hydrogens is 643 g/mol. The molecule has 0 aromatic heterocycles. The van der Waals surface area contributed by atoms with Crippen LogP contribution < -0.4 is 5.32 Å². The summed E-state index contributed by atoms with van der Waals surface area (Å²) in [6.45, 7) is 23.2. The number of amides is 1. The quantitative estimate of drug-likeness (QED) is 0.0628. The van der Waals surface area contributed by atoms with Crippen LogP contribution in [0.1, 0.15) is 255 Å². The Morgan fingerprint density at radius 2 is 0.923 bits per heavy atom. The molecule has 0 fully saturated rings. The first kappa shape index (κ1) is 53.3. The van der Waals surface area contributed by atoms with Crippen LogP contribution in [0.3, 0.4) is 0 Å². The van der Waals surface area contributed by atoms with Crippen molar-refractivity contribution < 1.29 is 19.4 Å². The van der Waals surface area contributed by atoms with Gasteiger partial charge in [0.05, 0.1) is 17.8 Å². The van der Waals surface area contributed by atoms with Crippen LogP contribution in [0.25, 0.3) is 0 Å². The second-order valence-corrected chi connectivity index (χ2v) is 18.8. The molecule has 0 unspecified atom stereocenters. The fraction of sp³-hybridized carbons (Fsp3) is 0.979. The Labute approximate surface area is 327 Å². The highest BCUT2D eigenvalue weighted by Gasteiger charge is 2.30. The number of unbranched alkanes of at least 4 members (excludes halogenated alkanes) is 22. The molecule has 0 aliphatic carbocycles. The Bertz CT molecular complexity index is 734. The number of methoxy groups -OCH3 is 1. The Balaban J connectivity index is 0. The molecule has 0 rings (SSSR count). The van der Waals surface area contributed by atoms with E-state index in [0.717, 1.165) is 38.2 Å². The standard InChI is InChI=1S/C30H61NO2.C17H36O2/c1-3-5-7-9-11-13-15-17-19-21-23-25-27-29(31-30(32)33)28-26-24-22-20-18-16-14-12-10-8-6-4-2;1-14(2)12-15(3,4)13-17(7,8)19-11-10-16(5,6)18-9/h29,31H,3-28H2,1-2H3,(H,32,33);14H,10-13H2,1-9H3. The summed E-state index contributed by atoms with van der Waals surface area (Å²) >= 11 is 0. The number of nitrogens with one attached hydrogen (secondary N) is 1. The average molecular weight is 740 g/mol. The van der Waals surface area contributed by atoms with E-state index in [1.807, 2.05) is 0 Å². The van der Waals surface area contributed by atoms with Gasteiger partial charge in [-0.1, -0.05) is 196 Å². The van der Waals surface area contributed by atoms with Crippen LogP contribution in [0.2, 0.25) is 0 Å². The molecule has 0 radical (unpaired) electrons. The molecule has 0 aliphatic heterocycles. The monoisotopic (exact) mass is 740 g/mol. The highest BCUT2D eigenvalue weighted by molar-refractivity contribution is 5.64. The van der Waals surface area contributed by atoms with Crippen LogP contribution in [-0.4, -0.2) is 42.2 Å². The minimum absolute atomic E-state index is 0.0673. The molecule has 0 bridgehead atoms. The third-order valence-corrected chi connectivity index (χ3v) is 10.8. The molecule has 0 saturated heterocycles. The van der Waals surface area contributed by atoms with Crippen molar-refractivity contribution in [3.63, 3.8) is 0 Å². The van der Waals surface area contributed by atoms with Gasteiger partial charge in [0.25, 0.3) is 0 Å². The highest BCUT2D eigenvalue weighted by Crippen LogP contribution is 2.36. The molecule has 314 valence electrons. The summed E-state index contributed by atoms with van der Waals surface area (Å²) in [5.74, 6) is 0.734. The largest absolute Gasteiger partial charge is 0.465 e. The zero-order valence-corrected chi connectivity index (χ0v) is 37.5. The molecule has 0 saturated carbocycles. The maximum Gasteiger partial charge on any atom is 0.404 e. The molecule has 0 heterocycles. The lowest BCUT2D eigenvalue weighted by atomic mass is 9.76. The van der Waals surface area contributed by atoms with Gasteiger partial charge in [0.2, 0.25) is 0 Å². The van der Waals surface area contributed by atoms with Gasteiger partial charge in [-0.25, -0.2) is 4.79 Å². The zero-order chi connectivity index (χ0) is 39.6. The lowest BCUT2D eigenvalue weighted by molar-refractivity contribution is -0.0757. The summed E-state index contributed by atoms with van der Waals surface area (Å²) in [4.78, 5) is 11.1. The fourth-order valence-corrected chi connectivity index (χ4v) is 7.98. The number of hydrogen-bond donors (Lipinski definition) is 2. The van der Waals surface area contributed by atoms with E-state index in [4.69, 9.17) is 14.6 Å². The van der Waals surface area contributed by atoms with Crippen molar-refractivity contribution in [2.75, 3.05) is 13.7 Å². The van der Waals surface area contributed by atoms with E-state index >= 15 is 0 Å². The van der Waals surface area contributed by atoms with Crippen molar-refractivity contribution >= 4 is 6.09 Å². The molecule has 52 heavy (non-hydrogen) atoms. The van der Waals surface area contributed by atoms with Gasteiger partial charge in [-0.3, -0.25) is 0 Å². The lowest BCUT2D eigenvalue weighted by Crippen LogP contribution is -2.34. The minimum Gasteiger partial charge on any atom is -0.465 e. The first-order valence-corrected chi connectivity index (χ1v) is 22.8. The van der Waals surface area contributed by atoms with Crippen LogP contribution >= 0.6 is 0 Å². The van der Waals surface area contributed by atoms with Crippen molar-refractivity contribution in [3.8, 4) is 0 Å². The number of ether oxygens (including phenoxy) is 2. The van der Waals surface area contributed by atoms with Crippen molar-refractivity contribution in [2.45, 2.75) is 273 Å². The van der Waals surface area contributed by atoms with E-state index in [1.54, 1.807) is 7.11 Å². The summed E-state index contributed by atoms with van der Waals surface area (Å²) in [5.41, 5.74) is 0.167. The third-order valence-electron chi connectivity index (χ3n) is 10.8. The van der Waals surface area contributed by atoms with E-state index in [-0.39, 0.29) is 17.2 Å². The summed E-state index contributed by atoms with van der Waals surface area (Å²) in [6.07, 6.45) is 37.0. The number of hydrogen-bond acceptors (Lipinski definition) is 3. The summed E-state index contributed by atoms with van der Waals surface area (Å²) in [5, 5.41) is 11.9. The van der Waals surface area contributed by atoms with Crippen molar-refractivity contribution in [1.82, 2.24) is 5.32 Å². The topological polar surface area (TPSA) is 67.8 Å². The van der Waals surface area contributed by atoms with Gasteiger partial charge in [-0.2, -0.15) is 0 Å². The molecule has 0 spiro atoms. The molecule has 0 aromatic carbocycles. The van der Waals surface area contributed by atoms with Crippen molar-refractivity contribution in [3.05, 3.63) is 0 Å². The van der Waals surface area contributed by atoms with Gasteiger partial charge in [0, 0.05) is 13.2 Å². The van der Waals surface area contributed by atoms with E-state index in [2.05, 4.69) is 74.6 Å². The van der Waals surface area contributed by atoms with Crippen LogP contribution in [0, 0.1) is 11.3 Å². The van der Waals surface area contributed by atoms with E-state index in [0.29, 0.717) is 5.41 Å². The molecule has 2 N–H and O–H groups in total. The molecule has 1 amide bonds. The van der Waals surface area contributed by atoms with Gasteiger partial charge >= 0.3 is 6.09 Å². The second kappa shape index (κ2) is 34.7. The van der Waals surface area contributed by atoms with Crippen molar-refractivity contribution in [2.24, 2.45) is 11.3 Å². The van der Waals surface area contributed by atoms with E-state index in [9.17, 15) is 4.79 Å². The maximum atomic E-state index is 11.1. The molecular formula is C47H97NO4. The number of carboxylic acid groups (broad SMARTS) is 1. The predicted molar refractivity (Wildman–Crippen MR) is 230 cm³/mol. The van der Waals surface area contributed by atoms with Crippen LogP contribution in [0.15, 0.2) is 0 Å². The molecule has 5 heteroatoms. The van der Waals surface area contributed by atoms with E-state index < -0.39 is 6.09 Å². The summed E-state index contributed by atoms with van der Waals surface area (Å²) in [7, 11) is 1.76. The predicted octanol–water partition coefficient (Wildman–Crippen LogP) is 15.9. The second-order valence-electron chi connectivity index (χ2n) is 18.8. The Hall–Kier alpha value is -0.810. The number of carbonyl (C=O) groups is 1. The molecule has 5 nitrogen and oxygen atoms in total. The first-order chi connectivity index (χ1) is 24.6. The Morgan fingerprint density at radius 3 is 1.23 bits per heavy atom. The van der Waals surface area contributed by atoms with Crippen molar-refractivity contribution in [1.29, 1.82) is 0 Å². The SMILES string of the molecule is CCCCCCCCCCCCCCC(CCCCCCCCCCCCCC)NC(=O)O.COC(C)(C)CCOC(C)(C)CC(C)(C)CC(C)C. The van der Waals surface area contributed by atoms with Crippen LogP contribution in [-0.2, 0) is 9.47 Å². The summed E-state index contributed by atoms with van der Waals surface area (Å²) in [6, 6.07) is 0.161. The van der Waals surface area contributed by atoms with Gasteiger partial charge in [-0.15, -0.1) is 0 Å². The molecule has 0 aromatic rings. The highest BCUT2D eigenvalue weighted by atomic mass is 16.5. The third kappa shape index (κ3) is 40.4. The number of rotatable bonds is 36. The average Bonchev–Trinajstić information content (AvgIpc) is 3.04. The molecule has 0 atom stereocenters.